The summed E-state index contributed by atoms with van der Waals surface area (Å²) in [5, 5.41) is 4.02. The summed E-state index contributed by atoms with van der Waals surface area (Å²) >= 11 is 6.22. The van der Waals surface area contributed by atoms with Gasteiger partial charge in [-0.25, -0.2) is 4.98 Å². The van der Waals surface area contributed by atoms with Gasteiger partial charge in [0.1, 0.15) is 5.76 Å². The molecular formula is C18H25ClN4O. The van der Waals surface area contributed by atoms with E-state index in [0.29, 0.717) is 19.0 Å². The SMILES string of the molecule is CN=C(NCc1ncc(C(C)(C)C)o1)N(C)Cc1ccccc1Cl. The van der Waals surface area contributed by atoms with Crippen molar-refractivity contribution >= 4 is 17.6 Å². The third kappa shape index (κ3) is 4.74. The molecule has 0 aliphatic rings. The Hall–Kier alpha value is -2.01. The van der Waals surface area contributed by atoms with Gasteiger partial charge in [0.25, 0.3) is 0 Å². The smallest absolute Gasteiger partial charge is 0.213 e. The minimum absolute atomic E-state index is 0.0478. The summed E-state index contributed by atoms with van der Waals surface area (Å²) in [5.41, 5.74) is 1.00. The lowest BCUT2D eigenvalue weighted by atomic mass is 9.94. The number of hydrogen-bond acceptors (Lipinski definition) is 3. The van der Waals surface area contributed by atoms with E-state index in [1.807, 2.05) is 36.2 Å². The molecule has 0 spiro atoms. The molecule has 5 nitrogen and oxygen atoms in total. The van der Waals surface area contributed by atoms with Crippen LogP contribution in [0.15, 0.2) is 39.9 Å². The first-order valence-corrected chi connectivity index (χ1v) is 8.29. The minimum atomic E-state index is -0.0478. The number of aromatic nitrogens is 1. The molecule has 1 aromatic carbocycles. The molecule has 1 N–H and O–H groups in total. The summed E-state index contributed by atoms with van der Waals surface area (Å²) in [6.07, 6.45) is 1.78. The van der Waals surface area contributed by atoms with Crippen molar-refractivity contribution in [2.24, 2.45) is 4.99 Å². The molecule has 0 bridgehead atoms. The maximum Gasteiger partial charge on any atom is 0.213 e. The number of halogens is 1. The third-order valence-corrected chi connectivity index (χ3v) is 4.00. The van der Waals surface area contributed by atoms with Gasteiger partial charge in [-0.3, -0.25) is 4.99 Å². The highest BCUT2D eigenvalue weighted by molar-refractivity contribution is 6.31. The van der Waals surface area contributed by atoms with E-state index in [1.165, 1.54) is 0 Å². The monoisotopic (exact) mass is 348 g/mol. The van der Waals surface area contributed by atoms with Gasteiger partial charge in [0.15, 0.2) is 5.96 Å². The highest BCUT2D eigenvalue weighted by Crippen LogP contribution is 2.22. The van der Waals surface area contributed by atoms with E-state index in [0.717, 1.165) is 22.3 Å². The fraction of sp³-hybridized carbons (Fsp3) is 0.444. The van der Waals surface area contributed by atoms with E-state index >= 15 is 0 Å². The molecule has 0 aliphatic heterocycles. The van der Waals surface area contributed by atoms with E-state index in [4.69, 9.17) is 16.0 Å². The summed E-state index contributed by atoms with van der Waals surface area (Å²) in [6.45, 7) is 7.44. The summed E-state index contributed by atoms with van der Waals surface area (Å²) in [6, 6.07) is 7.80. The maximum absolute atomic E-state index is 6.22. The van der Waals surface area contributed by atoms with Gasteiger partial charge in [-0.05, 0) is 11.6 Å². The molecule has 130 valence electrons. The molecule has 1 aromatic heterocycles. The lowest BCUT2D eigenvalue weighted by Gasteiger charge is -2.22. The lowest BCUT2D eigenvalue weighted by molar-refractivity contribution is 0.376. The lowest BCUT2D eigenvalue weighted by Crippen LogP contribution is -2.38. The van der Waals surface area contributed by atoms with Crippen molar-refractivity contribution < 1.29 is 4.42 Å². The van der Waals surface area contributed by atoms with Gasteiger partial charge in [-0.2, -0.15) is 0 Å². The molecule has 0 aliphatic carbocycles. The zero-order valence-corrected chi connectivity index (χ0v) is 15.7. The maximum atomic E-state index is 6.22. The number of benzene rings is 1. The van der Waals surface area contributed by atoms with Crippen molar-refractivity contribution in [1.29, 1.82) is 0 Å². The molecule has 0 amide bonds. The van der Waals surface area contributed by atoms with Crippen molar-refractivity contribution in [3.8, 4) is 0 Å². The fourth-order valence-corrected chi connectivity index (χ4v) is 2.43. The van der Waals surface area contributed by atoms with E-state index in [1.54, 1.807) is 13.2 Å². The number of aliphatic imine (C=N–C) groups is 1. The van der Waals surface area contributed by atoms with Crippen molar-refractivity contribution in [1.82, 2.24) is 15.2 Å². The van der Waals surface area contributed by atoms with Gasteiger partial charge in [0.05, 0.1) is 12.7 Å². The Bertz CT molecular complexity index is 703. The molecule has 0 atom stereocenters. The predicted octanol–water partition coefficient (Wildman–Crippen LogP) is 3.83. The standard InChI is InChI=1S/C18H25ClN4O/c1-18(2,3)15-10-21-16(24-15)11-22-17(20-4)23(5)12-13-8-6-7-9-14(13)19/h6-10H,11-12H2,1-5H3,(H,20,22). The molecule has 6 heteroatoms. The molecule has 1 heterocycles. The van der Waals surface area contributed by atoms with Gasteiger partial charge in [-0.15, -0.1) is 0 Å². The van der Waals surface area contributed by atoms with Crippen molar-refractivity contribution in [2.45, 2.75) is 39.3 Å². The first kappa shape index (κ1) is 18.3. The average molecular weight is 349 g/mol. The van der Waals surface area contributed by atoms with E-state index in [2.05, 4.69) is 36.1 Å². The number of rotatable bonds is 4. The van der Waals surface area contributed by atoms with Crippen molar-refractivity contribution in [2.75, 3.05) is 14.1 Å². The number of nitrogens with one attached hydrogen (secondary N) is 1. The van der Waals surface area contributed by atoms with E-state index < -0.39 is 0 Å². The summed E-state index contributed by atoms with van der Waals surface area (Å²) in [4.78, 5) is 10.6. The molecule has 0 unspecified atom stereocenters. The Balaban J connectivity index is 1.97. The number of nitrogens with zero attached hydrogens (tertiary/aromatic N) is 3. The Morgan fingerprint density at radius 2 is 2.04 bits per heavy atom. The number of guanidine groups is 1. The number of hydrogen-bond donors (Lipinski definition) is 1. The Labute approximate surface area is 148 Å². The molecule has 2 rings (SSSR count). The fourth-order valence-electron chi connectivity index (χ4n) is 2.24. The van der Waals surface area contributed by atoms with Crippen LogP contribution < -0.4 is 5.32 Å². The minimum Gasteiger partial charge on any atom is -0.443 e. The van der Waals surface area contributed by atoms with Crippen LogP contribution in [-0.4, -0.2) is 29.9 Å². The predicted molar refractivity (Wildman–Crippen MR) is 98.3 cm³/mol. The molecule has 0 fully saturated rings. The van der Waals surface area contributed by atoms with Crippen LogP contribution in [0.1, 0.15) is 38.0 Å². The highest BCUT2D eigenvalue weighted by atomic mass is 35.5. The topological polar surface area (TPSA) is 53.7 Å². The summed E-state index contributed by atoms with van der Waals surface area (Å²) in [5.74, 6) is 2.27. The van der Waals surface area contributed by atoms with Crippen LogP contribution in [-0.2, 0) is 18.5 Å². The van der Waals surface area contributed by atoms with Gasteiger partial charge < -0.3 is 14.6 Å². The summed E-state index contributed by atoms with van der Waals surface area (Å²) in [7, 11) is 3.72. The van der Waals surface area contributed by atoms with Crippen LogP contribution >= 0.6 is 11.6 Å². The Kier molecular flexibility index (Phi) is 5.89. The molecule has 0 saturated carbocycles. The number of oxazole rings is 1. The normalized spacial score (nSPS) is 12.3. The second-order valence-electron chi connectivity index (χ2n) is 6.72. The van der Waals surface area contributed by atoms with Gasteiger partial charge in [-0.1, -0.05) is 50.6 Å². The van der Waals surface area contributed by atoms with Crippen LogP contribution in [0.3, 0.4) is 0 Å². The largest absolute Gasteiger partial charge is 0.443 e. The van der Waals surface area contributed by atoms with Crippen LogP contribution in [0, 0.1) is 0 Å². The second-order valence-corrected chi connectivity index (χ2v) is 7.12. The van der Waals surface area contributed by atoms with Crippen molar-refractivity contribution in [3.63, 3.8) is 0 Å². The average Bonchev–Trinajstić information content (AvgIpc) is 2.99. The zero-order valence-electron chi connectivity index (χ0n) is 14.9. The van der Waals surface area contributed by atoms with Gasteiger partial charge in [0, 0.05) is 31.1 Å². The third-order valence-electron chi connectivity index (χ3n) is 3.63. The van der Waals surface area contributed by atoms with Gasteiger partial charge in [0.2, 0.25) is 5.89 Å². The van der Waals surface area contributed by atoms with Crippen LogP contribution in [0.25, 0.3) is 0 Å². The summed E-state index contributed by atoms with van der Waals surface area (Å²) < 4.78 is 5.79. The van der Waals surface area contributed by atoms with E-state index in [9.17, 15) is 0 Å². The van der Waals surface area contributed by atoms with Crippen molar-refractivity contribution in [3.05, 3.63) is 52.7 Å². The van der Waals surface area contributed by atoms with Crippen LogP contribution in [0.5, 0.6) is 0 Å². The Morgan fingerprint density at radius 3 is 2.62 bits per heavy atom. The second kappa shape index (κ2) is 7.71. The molecule has 0 radical (unpaired) electrons. The van der Waals surface area contributed by atoms with E-state index in [-0.39, 0.29) is 5.41 Å². The van der Waals surface area contributed by atoms with Crippen LogP contribution in [0.2, 0.25) is 5.02 Å². The first-order chi connectivity index (χ1) is 11.3. The molecule has 0 saturated heterocycles. The highest BCUT2D eigenvalue weighted by Gasteiger charge is 2.19. The quantitative estimate of drug-likeness (QED) is 0.674. The van der Waals surface area contributed by atoms with Crippen LogP contribution in [0.4, 0.5) is 0 Å². The van der Waals surface area contributed by atoms with Gasteiger partial charge >= 0.3 is 0 Å². The molecular weight excluding hydrogens is 324 g/mol. The zero-order chi connectivity index (χ0) is 17.7. The molecule has 24 heavy (non-hydrogen) atoms. The first-order valence-electron chi connectivity index (χ1n) is 7.91. The molecule has 2 aromatic rings. The Morgan fingerprint density at radius 1 is 1.33 bits per heavy atom.